The number of carbonyl (C=O) groups is 1. The zero-order valence-electron chi connectivity index (χ0n) is 11.0. The maximum absolute atomic E-state index is 11.9. The van der Waals surface area contributed by atoms with Gasteiger partial charge < -0.3 is 9.84 Å². The van der Waals surface area contributed by atoms with Crippen molar-refractivity contribution in [1.29, 1.82) is 0 Å². The third kappa shape index (κ3) is 1.99. The Morgan fingerprint density at radius 3 is 2.74 bits per heavy atom. The van der Waals surface area contributed by atoms with Gasteiger partial charge in [0.2, 0.25) is 5.91 Å². The fourth-order valence-electron chi connectivity index (χ4n) is 3.06. The topological polar surface area (TPSA) is 53.0 Å². The molecule has 1 N–H and O–H groups in total. The van der Waals surface area contributed by atoms with Crippen molar-refractivity contribution < 1.29 is 14.6 Å². The van der Waals surface area contributed by atoms with Gasteiger partial charge in [-0.25, -0.2) is 5.01 Å². The van der Waals surface area contributed by atoms with Crippen LogP contribution in [0.2, 0.25) is 0 Å². The van der Waals surface area contributed by atoms with Crippen LogP contribution in [0.3, 0.4) is 0 Å². The van der Waals surface area contributed by atoms with Gasteiger partial charge in [0.05, 0.1) is 25.8 Å². The van der Waals surface area contributed by atoms with Crippen LogP contribution in [0.15, 0.2) is 24.3 Å². The number of hydrogen-bond acceptors (Lipinski definition) is 4. The van der Waals surface area contributed by atoms with Crippen molar-refractivity contribution in [2.45, 2.75) is 24.9 Å². The van der Waals surface area contributed by atoms with Crippen LogP contribution in [-0.4, -0.2) is 47.3 Å². The Morgan fingerprint density at radius 1 is 1.37 bits per heavy atom. The molecule has 2 fully saturated rings. The number of hydrazine groups is 1. The van der Waals surface area contributed by atoms with Gasteiger partial charge in [0.15, 0.2) is 0 Å². The quantitative estimate of drug-likeness (QED) is 0.881. The second-order valence-electron chi connectivity index (χ2n) is 5.01. The van der Waals surface area contributed by atoms with Crippen molar-refractivity contribution in [3.8, 4) is 5.75 Å². The molecule has 19 heavy (non-hydrogen) atoms. The number of rotatable bonds is 3. The SMILES string of the molecule is COc1ccc([C@H]2C[C@H](CO)N3C(=O)CCN23)cc1. The van der Waals surface area contributed by atoms with E-state index in [1.807, 2.05) is 24.3 Å². The van der Waals surface area contributed by atoms with Crippen molar-refractivity contribution in [2.24, 2.45) is 0 Å². The van der Waals surface area contributed by atoms with Gasteiger partial charge >= 0.3 is 0 Å². The monoisotopic (exact) mass is 262 g/mol. The van der Waals surface area contributed by atoms with Crippen LogP contribution in [0, 0.1) is 0 Å². The number of nitrogens with zero attached hydrogens (tertiary/aromatic N) is 2. The van der Waals surface area contributed by atoms with E-state index in [-0.39, 0.29) is 24.6 Å². The molecule has 5 heteroatoms. The number of aliphatic hydroxyl groups is 1. The number of benzene rings is 1. The summed E-state index contributed by atoms with van der Waals surface area (Å²) in [4.78, 5) is 11.9. The summed E-state index contributed by atoms with van der Waals surface area (Å²) in [5, 5.41) is 13.3. The van der Waals surface area contributed by atoms with E-state index in [0.717, 1.165) is 24.3 Å². The molecular formula is C14H18N2O3. The largest absolute Gasteiger partial charge is 0.497 e. The molecule has 0 radical (unpaired) electrons. The number of methoxy groups -OCH3 is 1. The first kappa shape index (κ1) is 12.4. The predicted octanol–water partition coefficient (Wildman–Crippen LogP) is 0.950. The third-order valence-electron chi connectivity index (χ3n) is 4.00. The highest BCUT2D eigenvalue weighted by molar-refractivity contribution is 5.78. The summed E-state index contributed by atoms with van der Waals surface area (Å²) in [6, 6.07) is 8.03. The zero-order chi connectivity index (χ0) is 13.4. The van der Waals surface area contributed by atoms with Crippen LogP contribution < -0.4 is 4.74 Å². The standard InChI is InChI=1S/C14H18N2O3/c1-19-12-4-2-10(3-5-12)13-8-11(9-17)16-14(18)6-7-15(13)16/h2-5,11,13,17H,6-9H2,1H3/t11-,13-/m1/s1. The summed E-state index contributed by atoms with van der Waals surface area (Å²) in [5.41, 5.74) is 1.16. The first-order valence-electron chi connectivity index (χ1n) is 6.58. The minimum Gasteiger partial charge on any atom is -0.497 e. The van der Waals surface area contributed by atoms with Crippen LogP contribution in [0.5, 0.6) is 5.75 Å². The maximum Gasteiger partial charge on any atom is 0.238 e. The van der Waals surface area contributed by atoms with Crippen molar-refractivity contribution in [3.63, 3.8) is 0 Å². The lowest BCUT2D eigenvalue weighted by Crippen LogP contribution is -2.40. The lowest BCUT2D eigenvalue weighted by atomic mass is 10.0. The average Bonchev–Trinajstić information content (AvgIpc) is 3.00. The van der Waals surface area contributed by atoms with Crippen molar-refractivity contribution in [1.82, 2.24) is 10.0 Å². The summed E-state index contributed by atoms with van der Waals surface area (Å²) in [5.74, 6) is 0.949. The summed E-state index contributed by atoms with van der Waals surface area (Å²) in [6.07, 6.45) is 1.33. The lowest BCUT2D eigenvalue weighted by molar-refractivity contribution is -0.139. The van der Waals surface area contributed by atoms with Gasteiger partial charge in [-0.3, -0.25) is 9.80 Å². The van der Waals surface area contributed by atoms with Gasteiger partial charge in [-0.15, -0.1) is 0 Å². The molecule has 2 atom stereocenters. The molecular weight excluding hydrogens is 244 g/mol. The molecule has 0 aromatic heterocycles. The van der Waals surface area contributed by atoms with E-state index in [1.165, 1.54) is 0 Å². The Labute approximate surface area is 112 Å². The predicted molar refractivity (Wildman–Crippen MR) is 69.4 cm³/mol. The zero-order valence-corrected chi connectivity index (χ0v) is 11.0. The highest BCUT2D eigenvalue weighted by atomic mass is 16.5. The minimum absolute atomic E-state index is 0.0227. The lowest BCUT2D eigenvalue weighted by Gasteiger charge is -2.26. The van der Waals surface area contributed by atoms with Gasteiger partial charge in [-0.05, 0) is 24.1 Å². The fourth-order valence-corrected chi connectivity index (χ4v) is 3.06. The molecule has 0 spiro atoms. The first-order chi connectivity index (χ1) is 9.24. The molecule has 1 amide bonds. The number of carbonyl (C=O) groups excluding carboxylic acids is 1. The van der Waals surface area contributed by atoms with Gasteiger partial charge in [0.25, 0.3) is 0 Å². The Kier molecular flexibility index (Phi) is 3.16. The van der Waals surface area contributed by atoms with Crippen LogP contribution in [0.1, 0.15) is 24.4 Å². The minimum atomic E-state index is -0.0814. The molecule has 0 bridgehead atoms. The molecule has 2 heterocycles. The Balaban J connectivity index is 1.86. The second-order valence-corrected chi connectivity index (χ2v) is 5.01. The van der Waals surface area contributed by atoms with E-state index in [2.05, 4.69) is 5.01 Å². The first-order valence-corrected chi connectivity index (χ1v) is 6.58. The molecule has 0 unspecified atom stereocenters. The third-order valence-corrected chi connectivity index (χ3v) is 4.00. The Bertz CT molecular complexity index is 474. The van der Waals surface area contributed by atoms with Crippen LogP contribution in [0.25, 0.3) is 0 Å². The van der Waals surface area contributed by atoms with Gasteiger partial charge in [-0.2, -0.15) is 0 Å². The Morgan fingerprint density at radius 2 is 2.11 bits per heavy atom. The molecule has 0 saturated carbocycles. The van der Waals surface area contributed by atoms with Crippen LogP contribution in [-0.2, 0) is 4.79 Å². The molecule has 1 aromatic rings. The fraction of sp³-hybridized carbons (Fsp3) is 0.500. The molecule has 2 aliphatic heterocycles. The molecule has 102 valence electrons. The van der Waals surface area contributed by atoms with E-state index in [1.54, 1.807) is 12.1 Å². The van der Waals surface area contributed by atoms with Crippen LogP contribution >= 0.6 is 0 Å². The second kappa shape index (κ2) is 4.83. The number of aliphatic hydroxyl groups excluding tert-OH is 1. The van der Waals surface area contributed by atoms with E-state index in [0.29, 0.717) is 6.42 Å². The number of amides is 1. The van der Waals surface area contributed by atoms with Gasteiger partial charge in [0, 0.05) is 13.0 Å². The van der Waals surface area contributed by atoms with Crippen molar-refractivity contribution in [3.05, 3.63) is 29.8 Å². The molecule has 5 nitrogen and oxygen atoms in total. The average molecular weight is 262 g/mol. The Hall–Kier alpha value is -1.59. The summed E-state index contributed by atoms with van der Waals surface area (Å²) >= 11 is 0. The smallest absolute Gasteiger partial charge is 0.238 e. The summed E-state index contributed by atoms with van der Waals surface area (Å²) in [6.45, 7) is 0.765. The highest BCUT2D eigenvalue weighted by Crippen LogP contribution is 2.39. The van der Waals surface area contributed by atoms with Crippen LogP contribution in [0.4, 0.5) is 0 Å². The normalized spacial score (nSPS) is 26.8. The van der Waals surface area contributed by atoms with Crippen molar-refractivity contribution in [2.75, 3.05) is 20.3 Å². The maximum atomic E-state index is 11.9. The molecule has 2 saturated heterocycles. The summed E-state index contributed by atoms with van der Waals surface area (Å²) < 4.78 is 5.16. The number of ether oxygens (including phenoxy) is 1. The molecule has 3 rings (SSSR count). The number of fused-ring (bicyclic) bond motifs is 1. The van der Waals surface area contributed by atoms with E-state index >= 15 is 0 Å². The van der Waals surface area contributed by atoms with E-state index in [9.17, 15) is 9.90 Å². The number of hydrogen-bond donors (Lipinski definition) is 1. The molecule has 1 aromatic carbocycles. The molecule has 0 aliphatic carbocycles. The van der Waals surface area contributed by atoms with Crippen molar-refractivity contribution >= 4 is 5.91 Å². The van der Waals surface area contributed by atoms with E-state index in [4.69, 9.17) is 4.74 Å². The van der Waals surface area contributed by atoms with E-state index < -0.39 is 0 Å². The summed E-state index contributed by atoms with van der Waals surface area (Å²) in [7, 11) is 1.65. The molecule has 2 aliphatic rings. The van der Waals surface area contributed by atoms with Gasteiger partial charge in [0.1, 0.15) is 5.75 Å². The highest BCUT2D eigenvalue weighted by Gasteiger charge is 2.45. The van der Waals surface area contributed by atoms with Gasteiger partial charge in [-0.1, -0.05) is 12.1 Å².